The van der Waals surface area contributed by atoms with Crippen LogP contribution >= 0.6 is 11.6 Å². The normalized spacial score (nSPS) is 11.3. The fourth-order valence-electron chi connectivity index (χ4n) is 3.95. The number of amides is 2. The number of hydrogen-bond donors (Lipinski definition) is 2. The number of hydrogen-bond acceptors (Lipinski definition) is 6. The Morgan fingerprint density at radius 2 is 1.53 bits per heavy atom. The van der Waals surface area contributed by atoms with Crippen molar-refractivity contribution in [3.63, 3.8) is 0 Å². The lowest BCUT2D eigenvalue weighted by atomic mass is 10.0. The number of benzene rings is 4. The highest BCUT2D eigenvalue weighted by Crippen LogP contribution is 2.26. The standard InChI is InChI=1S/C32H31ClN4O5S/c1-23(2)25-14-16-26(17-15-25)37(43(40,41)28-8-4-3-5-9-28)21-31(38)36-34-20-24-12-18-27(19-13-24)42-22-32(39)35-30-11-7-6-10-29(30)33/h3-20,23H,21-22H2,1-2H3,(H,35,39)(H,36,38)/b34-20-. The molecule has 4 rings (SSSR count). The summed E-state index contributed by atoms with van der Waals surface area (Å²) in [6.07, 6.45) is 1.42. The van der Waals surface area contributed by atoms with E-state index in [1.807, 2.05) is 26.0 Å². The van der Waals surface area contributed by atoms with Crippen LogP contribution in [0.1, 0.15) is 30.9 Å². The number of sulfonamides is 1. The first-order chi connectivity index (χ1) is 20.6. The SMILES string of the molecule is CC(C)c1ccc(N(CC(=O)N/N=C\c2ccc(OCC(=O)Nc3ccccc3Cl)cc2)S(=O)(=O)c2ccccc2)cc1. The van der Waals surface area contributed by atoms with E-state index >= 15 is 0 Å². The van der Waals surface area contributed by atoms with Crippen molar-refractivity contribution in [2.24, 2.45) is 5.10 Å². The molecule has 43 heavy (non-hydrogen) atoms. The van der Waals surface area contributed by atoms with Crippen LogP contribution in [-0.4, -0.2) is 39.6 Å². The zero-order valence-electron chi connectivity index (χ0n) is 23.6. The van der Waals surface area contributed by atoms with E-state index in [1.54, 1.807) is 78.9 Å². The van der Waals surface area contributed by atoms with Crippen LogP contribution in [0.5, 0.6) is 5.75 Å². The lowest BCUT2D eigenvalue weighted by Crippen LogP contribution is -2.39. The van der Waals surface area contributed by atoms with Crippen LogP contribution in [0, 0.1) is 0 Å². The zero-order valence-corrected chi connectivity index (χ0v) is 25.2. The van der Waals surface area contributed by atoms with E-state index in [0.29, 0.717) is 27.7 Å². The average Bonchev–Trinajstić information content (AvgIpc) is 3.01. The molecule has 0 unspecified atom stereocenters. The van der Waals surface area contributed by atoms with Gasteiger partial charge in [0.15, 0.2) is 6.61 Å². The summed E-state index contributed by atoms with van der Waals surface area (Å²) < 4.78 is 33.5. The highest BCUT2D eigenvalue weighted by Gasteiger charge is 2.27. The van der Waals surface area contributed by atoms with Gasteiger partial charge < -0.3 is 10.1 Å². The molecule has 0 aliphatic rings. The number of hydrazone groups is 1. The van der Waals surface area contributed by atoms with Gasteiger partial charge in [-0.2, -0.15) is 5.10 Å². The number of carbonyl (C=O) groups is 2. The molecule has 9 nitrogen and oxygen atoms in total. The molecule has 0 bridgehead atoms. The van der Waals surface area contributed by atoms with Gasteiger partial charge in [0.2, 0.25) is 0 Å². The smallest absolute Gasteiger partial charge is 0.264 e. The van der Waals surface area contributed by atoms with Gasteiger partial charge in [0.25, 0.3) is 21.8 Å². The van der Waals surface area contributed by atoms with Gasteiger partial charge in [0.05, 0.1) is 27.5 Å². The fourth-order valence-corrected chi connectivity index (χ4v) is 5.58. The van der Waals surface area contributed by atoms with Crippen molar-refractivity contribution in [2.75, 3.05) is 22.8 Å². The molecular weight excluding hydrogens is 588 g/mol. The van der Waals surface area contributed by atoms with Crippen LogP contribution in [0.4, 0.5) is 11.4 Å². The van der Waals surface area contributed by atoms with E-state index in [1.165, 1.54) is 18.3 Å². The Morgan fingerprint density at radius 1 is 0.884 bits per heavy atom. The molecule has 0 radical (unpaired) electrons. The molecule has 2 amide bonds. The number of halogens is 1. The van der Waals surface area contributed by atoms with E-state index < -0.39 is 22.5 Å². The maximum atomic E-state index is 13.5. The Balaban J connectivity index is 1.36. The summed E-state index contributed by atoms with van der Waals surface area (Å²) in [6, 6.07) is 28.6. The molecule has 11 heteroatoms. The molecule has 0 aromatic heterocycles. The van der Waals surface area contributed by atoms with Gasteiger partial charge in [0, 0.05) is 0 Å². The van der Waals surface area contributed by atoms with Crippen LogP contribution in [0.2, 0.25) is 5.02 Å². The first kappa shape index (κ1) is 31.3. The lowest BCUT2D eigenvalue weighted by Gasteiger charge is -2.24. The lowest BCUT2D eigenvalue weighted by molar-refractivity contribution is -0.119. The van der Waals surface area contributed by atoms with Gasteiger partial charge in [-0.05, 0) is 77.7 Å². The second-order valence-corrected chi connectivity index (χ2v) is 12.0. The van der Waals surface area contributed by atoms with Crippen molar-refractivity contribution in [1.82, 2.24) is 5.43 Å². The van der Waals surface area contributed by atoms with Gasteiger partial charge in [-0.1, -0.05) is 67.9 Å². The molecule has 0 saturated carbocycles. The van der Waals surface area contributed by atoms with Gasteiger partial charge in [-0.25, -0.2) is 13.8 Å². The second-order valence-electron chi connectivity index (χ2n) is 9.75. The molecule has 0 saturated heterocycles. The van der Waals surface area contributed by atoms with E-state index in [-0.39, 0.29) is 23.3 Å². The first-order valence-corrected chi connectivity index (χ1v) is 15.2. The third kappa shape index (κ3) is 8.67. The number of anilines is 2. The van der Waals surface area contributed by atoms with Crippen molar-refractivity contribution in [3.05, 3.63) is 119 Å². The quantitative estimate of drug-likeness (QED) is 0.153. The molecule has 0 atom stereocenters. The van der Waals surface area contributed by atoms with Crippen LogP contribution < -0.4 is 19.8 Å². The predicted molar refractivity (Wildman–Crippen MR) is 169 cm³/mol. The molecule has 4 aromatic carbocycles. The minimum atomic E-state index is -4.02. The zero-order chi connectivity index (χ0) is 30.8. The Bertz CT molecular complexity index is 1680. The van der Waals surface area contributed by atoms with E-state index in [0.717, 1.165) is 9.87 Å². The Kier molecular flexibility index (Phi) is 10.5. The van der Waals surface area contributed by atoms with Crippen molar-refractivity contribution < 1.29 is 22.7 Å². The summed E-state index contributed by atoms with van der Waals surface area (Å²) in [5, 5.41) is 7.09. The number of carbonyl (C=O) groups excluding carboxylic acids is 2. The highest BCUT2D eigenvalue weighted by molar-refractivity contribution is 7.92. The summed E-state index contributed by atoms with van der Waals surface area (Å²) >= 11 is 6.05. The maximum absolute atomic E-state index is 13.5. The van der Waals surface area contributed by atoms with Crippen LogP contribution in [0.3, 0.4) is 0 Å². The Morgan fingerprint density at radius 3 is 2.19 bits per heavy atom. The fraction of sp³-hybridized carbons (Fsp3) is 0.156. The van der Waals surface area contributed by atoms with Crippen LogP contribution in [-0.2, 0) is 19.6 Å². The van der Waals surface area contributed by atoms with Crippen molar-refractivity contribution in [1.29, 1.82) is 0 Å². The van der Waals surface area contributed by atoms with Crippen molar-refractivity contribution >= 4 is 51.0 Å². The largest absolute Gasteiger partial charge is 0.484 e. The molecule has 4 aromatic rings. The predicted octanol–water partition coefficient (Wildman–Crippen LogP) is 5.83. The van der Waals surface area contributed by atoms with E-state index in [9.17, 15) is 18.0 Å². The summed E-state index contributed by atoms with van der Waals surface area (Å²) in [5.41, 5.74) is 4.95. The highest BCUT2D eigenvalue weighted by atomic mass is 35.5. The monoisotopic (exact) mass is 618 g/mol. The van der Waals surface area contributed by atoms with Gasteiger partial charge in [0.1, 0.15) is 12.3 Å². The minimum absolute atomic E-state index is 0.0721. The van der Waals surface area contributed by atoms with Gasteiger partial charge in [-0.15, -0.1) is 0 Å². The molecule has 0 fully saturated rings. The minimum Gasteiger partial charge on any atom is -0.484 e. The van der Waals surface area contributed by atoms with E-state index in [4.69, 9.17) is 16.3 Å². The molecule has 2 N–H and O–H groups in total. The molecule has 0 aliphatic carbocycles. The number of nitrogens with zero attached hydrogens (tertiary/aromatic N) is 2. The third-order valence-corrected chi connectivity index (χ3v) is 8.38. The van der Waals surface area contributed by atoms with Crippen LogP contribution in [0.15, 0.2) is 113 Å². The number of para-hydroxylation sites is 1. The molecule has 0 aliphatic heterocycles. The van der Waals surface area contributed by atoms with Crippen molar-refractivity contribution in [3.8, 4) is 5.75 Å². The molecule has 0 spiro atoms. The van der Waals surface area contributed by atoms with Crippen molar-refractivity contribution in [2.45, 2.75) is 24.7 Å². The summed E-state index contributed by atoms with van der Waals surface area (Å²) in [4.78, 5) is 25.1. The molecule has 0 heterocycles. The summed E-state index contributed by atoms with van der Waals surface area (Å²) in [5.74, 6) is -0.250. The topological polar surface area (TPSA) is 117 Å². The average molecular weight is 619 g/mol. The summed E-state index contributed by atoms with van der Waals surface area (Å²) in [6.45, 7) is 3.40. The number of nitrogens with one attached hydrogen (secondary N) is 2. The first-order valence-electron chi connectivity index (χ1n) is 13.4. The van der Waals surface area contributed by atoms with Crippen LogP contribution in [0.25, 0.3) is 0 Å². The third-order valence-electron chi connectivity index (χ3n) is 6.27. The van der Waals surface area contributed by atoms with E-state index in [2.05, 4.69) is 15.8 Å². The molecule has 222 valence electrons. The number of rotatable bonds is 12. The summed E-state index contributed by atoms with van der Waals surface area (Å²) in [7, 11) is -4.02. The second kappa shape index (κ2) is 14.5. The number of ether oxygens (including phenoxy) is 1. The Hall–Kier alpha value is -4.67. The maximum Gasteiger partial charge on any atom is 0.264 e. The molecular formula is C32H31ClN4O5S. The van der Waals surface area contributed by atoms with Gasteiger partial charge in [-0.3, -0.25) is 13.9 Å². The Labute approximate surface area is 256 Å². The van der Waals surface area contributed by atoms with Gasteiger partial charge >= 0.3 is 0 Å².